The van der Waals surface area contributed by atoms with Gasteiger partial charge in [-0.25, -0.2) is 0 Å². The van der Waals surface area contributed by atoms with Crippen molar-refractivity contribution in [2.24, 2.45) is 0 Å². The average Bonchev–Trinajstić information content (AvgIpc) is 2.41. The summed E-state index contributed by atoms with van der Waals surface area (Å²) in [5.74, 6) is 0. The Balaban J connectivity index is 2.64. The molecule has 1 rings (SSSR count). The Morgan fingerprint density at radius 3 is 2.65 bits per heavy atom. The van der Waals surface area contributed by atoms with Gasteiger partial charge in [-0.05, 0) is 46.8 Å². The van der Waals surface area contributed by atoms with Crippen molar-refractivity contribution in [1.29, 1.82) is 0 Å². The molecule has 0 bridgehead atoms. The van der Waals surface area contributed by atoms with Gasteiger partial charge in [-0.3, -0.25) is 4.98 Å². The molecule has 0 aliphatic carbocycles. The zero-order valence-corrected chi connectivity index (χ0v) is 13.6. The Kier molecular flexibility index (Phi) is 6.96. The zero-order valence-electron chi connectivity index (χ0n) is 13.6. The lowest BCUT2D eigenvalue weighted by atomic mass is 10.1. The molecule has 0 radical (unpaired) electrons. The van der Waals surface area contributed by atoms with Gasteiger partial charge < -0.3 is 15.0 Å². The highest BCUT2D eigenvalue weighted by Crippen LogP contribution is 2.14. The monoisotopic (exact) mass is 279 g/mol. The van der Waals surface area contributed by atoms with E-state index in [0.717, 1.165) is 38.5 Å². The molecule has 0 saturated heterocycles. The van der Waals surface area contributed by atoms with Crippen LogP contribution in [-0.4, -0.2) is 36.8 Å². The number of rotatable bonds is 8. The van der Waals surface area contributed by atoms with Gasteiger partial charge in [-0.2, -0.15) is 0 Å². The molecule has 0 atom stereocenters. The molecule has 20 heavy (non-hydrogen) atoms. The molecule has 1 aromatic rings. The molecule has 0 fully saturated rings. The van der Waals surface area contributed by atoms with Crippen molar-refractivity contribution in [3.8, 4) is 0 Å². The Bertz CT molecular complexity index is 388. The van der Waals surface area contributed by atoms with E-state index in [1.54, 1.807) is 0 Å². The largest absolute Gasteiger partial charge is 0.380 e. The minimum atomic E-state index is 0.108. The van der Waals surface area contributed by atoms with Crippen LogP contribution in [0.1, 0.15) is 40.3 Å². The summed E-state index contributed by atoms with van der Waals surface area (Å²) < 4.78 is 5.44. The third-order valence-electron chi connectivity index (χ3n) is 3.06. The number of aromatic nitrogens is 1. The quantitative estimate of drug-likeness (QED) is 0.743. The van der Waals surface area contributed by atoms with Crippen LogP contribution in [0, 0.1) is 0 Å². The van der Waals surface area contributed by atoms with Crippen molar-refractivity contribution in [3.05, 3.63) is 24.0 Å². The van der Waals surface area contributed by atoms with Crippen molar-refractivity contribution in [2.45, 2.75) is 46.7 Å². The molecule has 0 aromatic carbocycles. The van der Waals surface area contributed by atoms with E-state index in [9.17, 15) is 0 Å². The number of hydrogen-bond donors (Lipinski definition) is 1. The Morgan fingerprint density at radius 2 is 2.05 bits per heavy atom. The summed E-state index contributed by atoms with van der Waals surface area (Å²) in [6.45, 7) is 14.9. The van der Waals surface area contributed by atoms with Crippen LogP contribution in [0.25, 0.3) is 0 Å². The van der Waals surface area contributed by atoms with Crippen LogP contribution in [0.4, 0.5) is 5.69 Å². The second kappa shape index (κ2) is 8.22. The fourth-order valence-electron chi connectivity index (χ4n) is 1.90. The van der Waals surface area contributed by atoms with E-state index in [4.69, 9.17) is 4.74 Å². The molecule has 0 unspecified atom stereocenters. The minimum absolute atomic E-state index is 0.108. The molecule has 4 heteroatoms. The first-order valence-electron chi connectivity index (χ1n) is 7.49. The summed E-state index contributed by atoms with van der Waals surface area (Å²) in [5.41, 5.74) is 2.40. The zero-order chi connectivity index (χ0) is 15.0. The molecule has 4 nitrogen and oxygen atoms in total. The Morgan fingerprint density at radius 1 is 1.30 bits per heavy atom. The number of anilines is 1. The summed E-state index contributed by atoms with van der Waals surface area (Å²) in [6.07, 6.45) is 1.89. The van der Waals surface area contributed by atoms with Crippen molar-refractivity contribution < 1.29 is 4.74 Å². The summed E-state index contributed by atoms with van der Waals surface area (Å²) >= 11 is 0. The Labute approximate surface area is 123 Å². The maximum absolute atomic E-state index is 5.44. The normalized spacial score (nSPS) is 11.7. The van der Waals surface area contributed by atoms with Crippen LogP contribution >= 0.6 is 0 Å². The molecule has 114 valence electrons. The molecule has 0 aliphatic heterocycles. The van der Waals surface area contributed by atoms with Crippen molar-refractivity contribution in [2.75, 3.05) is 31.2 Å². The fraction of sp³-hybridized carbons (Fsp3) is 0.688. The van der Waals surface area contributed by atoms with E-state index in [0.29, 0.717) is 0 Å². The number of nitrogens with one attached hydrogen (secondary N) is 1. The number of likely N-dealkylation sites (N-methyl/N-ethyl adjacent to an activating group) is 1. The average molecular weight is 279 g/mol. The lowest BCUT2D eigenvalue weighted by Crippen LogP contribution is -2.35. The first-order valence-corrected chi connectivity index (χ1v) is 7.49. The molecule has 1 N–H and O–H groups in total. The minimum Gasteiger partial charge on any atom is -0.380 e. The van der Waals surface area contributed by atoms with Gasteiger partial charge in [0.25, 0.3) is 0 Å². The molecular formula is C16H29N3O. The van der Waals surface area contributed by atoms with Gasteiger partial charge in [-0.1, -0.05) is 0 Å². The fourth-order valence-corrected chi connectivity index (χ4v) is 1.90. The van der Waals surface area contributed by atoms with Crippen LogP contribution in [0.3, 0.4) is 0 Å². The highest BCUT2D eigenvalue weighted by atomic mass is 16.5. The van der Waals surface area contributed by atoms with Gasteiger partial charge in [0.15, 0.2) is 0 Å². The van der Waals surface area contributed by atoms with Crippen LogP contribution < -0.4 is 10.2 Å². The van der Waals surface area contributed by atoms with Crippen LogP contribution in [0.5, 0.6) is 0 Å². The summed E-state index contributed by atoms with van der Waals surface area (Å²) in [6, 6.07) is 4.23. The lowest BCUT2D eigenvalue weighted by Gasteiger charge is -2.24. The van der Waals surface area contributed by atoms with Gasteiger partial charge in [0.05, 0.1) is 12.3 Å². The molecule has 1 heterocycles. The van der Waals surface area contributed by atoms with Crippen LogP contribution in [0.15, 0.2) is 18.3 Å². The molecule has 0 saturated carbocycles. The van der Waals surface area contributed by atoms with E-state index in [1.807, 2.05) is 13.1 Å². The molecule has 0 spiro atoms. The van der Waals surface area contributed by atoms with Gasteiger partial charge in [0.2, 0.25) is 0 Å². The highest BCUT2D eigenvalue weighted by Gasteiger charge is 2.10. The standard InChI is InChI=1S/C16H29N3O/c1-6-19(10-11-20-7-2)15-8-9-17-14(12-15)13-18-16(3,4)5/h8-9,12,18H,6-7,10-11,13H2,1-5H3. The molecule has 1 aromatic heterocycles. The van der Waals surface area contributed by atoms with E-state index in [2.05, 4.69) is 55.0 Å². The third-order valence-corrected chi connectivity index (χ3v) is 3.06. The molecular weight excluding hydrogens is 250 g/mol. The van der Waals surface area contributed by atoms with E-state index < -0.39 is 0 Å². The first kappa shape index (κ1) is 16.9. The number of pyridine rings is 1. The van der Waals surface area contributed by atoms with Gasteiger partial charge in [0.1, 0.15) is 0 Å². The topological polar surface area (TPSA) is 37.4 Å². The van der Waals surface area contributed by atoms with Crippen molar-refractivity contribution in [1.82, 2.24) is 10.3 Å². The predicted molar refractivity (Wildman–Crippen MR) is 85.2 cm³/mol. The SMILES string of the molecule is CCOCCN(CC)c1ccnc(CNC(C)(C)C)c1. The van der Waals surface area contributed by atoms with E-state index in [1.165, 1.54) is 5.69 Å². The second-order valence-electron chi connectivity index (χ2n) is 5.89. The van der Waals surface area contributed by atoms with Gasteiger partial charge >= 0.3 is 0 Å². The summed E-state index contributed by atoms with van der Waals surface area (Å²) in [4.78, 5) is 6.75. The summed E-state index contributed by atoms with van der Waals surface area (Å²) in [7, 11) is 0. The van der Waals surface area contributed by atoms with Crippen molar-refractivity contribution in [3.63, 3.8) is 0 Å². The summed E-state index contributed by atoms with van der Waals surface area (Å²) in [5, 5.41) is 3.47. The Hall–Kier alpha value is -1.13. The van der Waals surface area contributed by atoms with Crippen LogP contribution in [0.2, 0.25) is 0 Å². The molecule has 0 amide bonds. The highest BCUT2D eigenvalue weighted by molar-refractivity contribution is 5.46. The number of nitrogens with zero attached hydrogens (tertiary/aromatic N) is 2. The van der Waals surface area contributed by atoms with E-state index >= 15 is 0 Å². The second-order valence-corrected chi connectivity index (χ2v) is 5.89. The lowest BCUT2D eigenvalue weighted by molar-refractivity contribution is 0.154. The first-order chi connectivity index (χ1) is 9.46. The van der Waals surface area contributed by atoms with Gasteiger partial charge in [0, 0.05) is 43.7 Å². The maximum Gasteiger partial charge on any atom is 0.0641 e. The molecule has 0 aliphatic rings. The smallest absolute Gasteiger partial charge is 0.0641 e. The predicted octanol–water partition coefficient (Wildman–Crippen LogP) is 2.83. The van der Waals surface area contributed by atoms with Crippen molar-refractivity contribution >= 4 is 5.69 Å². The third kappa shape index (κ3) is 6.35. The number of hydrogen-bond acceptors (Lipinski definition) is 4. The van der Waals surface area contributed by atoms with Gasteiger partial charge in [-0.15, -0.1) is 0 Å². The van der Waals surface area contributed by atoms with E-state index in [-0.39, 0.29) is 5.54 Å². The number of ether oxygens (including phenoxy) is 1. The van der Waals surface area contributed by atoms with Crippen LogP contribution in [-0.2, 0) is 11.3 Å². The maximum atomic E-state index is 5.44.